The summed E-state index contributed by atoms with van der Waals surface area (Å²) in [7, 11) is 1.76. The van der Waals surface area contributed by atoms with Gasteiger partial charge >= 0.3 is 0 Å². The van der Waals surface area contributed by atoms with E-state index < -0.39 is 0 Å². The number of aromatic hydroxyl groups is 1. The van der Waals surface area contributed by atoms with Crippen LogP contribution in [0, 0.1) is 6.92 Å². The van der Waals surface area contributed by atoms with E-state index in [4.69, 9.17) is 14.7 Å². The number of methoxy groups -OCH3 is 1. The number of hydrogen-bond acceptors (Lipinski definition) is 6. The highest BCUT2D eigenvalue weighted by atomic mass is 16.5. The minimum absolute atomic E-state index is 0.119. The highest BCUT2D eigenvalue weighted by Crippen LogP contribution is 2.40. The second kappa shape index (κ2) is 10.4. The van der Waals surface area contributed by atoms with Gasteiger partial charge in [-0.1, -0.05) is 42.0 Å². The number of piperidine rings is 1. The van der Waals surface area contributed by atoms with Crippen LogP contribution >= 0.6 is 0 Å². The van der Waals surface area contributed by atoms with E-state index in [-0.39, 0.29) is 5.88 Å². The number of benzene rings is 3. The monoisotopic (exact) mass is 507 g/mol. The van der Waals surface area contributed by atoms with E-state index in [0.717, 1.165) is 83.1 Å². The lowest BCUT2D eigenvalue weighted by molar-refractivity contribution is 0.132. The first kappa shape index (κ1) is 24.4. The molecule has 0 spiro atoms. The second-order valence-corrected chi connectivity index (χ2v) is 10.1. The first-order chi connectivity index (χ1) is 18.6. The van der Waals surface area contributed by atoms with Gasteiger partial charge in [0.1, 0.15) is 0 Å². The molecule has 3 N–H and O–H groups in total. The zero-order valence-electron chi connectivity index (χ0n) is 21.9. The Hall–Kier alpha value is -3.94. The average Bonchev–Trinajstić information content (AvgIpc) is 3.50. The molecule has 6 rings (SSSR count). The van der Waals surface area contributed by atoms with Gasteiger partial charge in [-0.15, -0.1) is 0 Å². The van der Waals surface area contributed by atoms with Crippen LogP contribution in [0.3, 0.4) is 0 Å². The van der Waals surface area contributed by atoms with Crippen molar-refractivity contribution in [2.45, 2.75) is 25.8 Å². The van der Waals surface area contributed by atoms with E-state index in [0.29, 0.717) is 11.9 Å². The van der Waals surface area contributed by atoms with Crippen LogP contribution in [0.15, 0.2) is 82.5 Å². The summed E-state index contributed by atoms with van der Waals surface area (Å²) in [5.74, 6) is 0.723. The zero-order valence-corrected chi connectivity index (χ0v) is 21.9. The highest BCUT2D eigenvalue weighted by molar-refractivity contribution is 6.01. The maximum Gasteiger partial charge on any atom is 0.197 e. The number of para-hydroxylation sites is 2. The topological polar surface area (TPSA) is 85.2 Å². The van der Waals surface area contributed by atoms with Crippen molar-refractivity contribution in [1.82, 2.24) is 9.88 Å². The fourth-order valence-electron chi connectivity index (χ4n) is 5.40. The van der Waals surface area contributed by atoms with E-state index >= 15 is 0 Å². The molecule has 38 heavy (non-hydrogen) atoms. The fraction of sp³-hybridized carbons (Fsp3) is 0.290. The molecule has 3 heterocycles. The van der Waals surface area contributed by atoms with Gasteiger partial charge in [-0.05, 0) is 55.7 Å². The Morgan fingerprint density at radius 1 is 1.03 bits per heavy atom. The quantitative estimate of drug-likeness (QED) is 0.347. The second-order valence-electron chi connectivity index (χ2n) is 10.1. The van der Waals surface area contributed by atoms with Crippen molar-refractivity contribution in [3.63, 3.8) is 0 Å². The predicted molar refractivity (Wildman–Crippen MR) is 151 cm³/mol. The first-order valence-electron chi connectivity index (χ1n) is 13.3. The summed E-state index contributed by atoms with van der Waals surface area (Å²) in [5, 5.41) is 17.6. The molecule has 0 radical (unpaired) electrons. The summed E-state index contributed by atoms with van der Waals surface area (Å²) >= 11 is 0. The number of hydrogen-bond donors (Lipinski definition) is 3. The van der Waals surface area contributed by atoms with Crippen LogP contribution in [0.2, 0.25) is 0 Å². The maximum atomic E-state index is 11.2. The standard InChI is InChI=1S/C31H33N5O2/c1-20-7-9-21(10-8-20)28(30-33-26-5-3-4-6-27(26)34-30)29-24-19-23(11-12-25(24)35-31(29)37)32-22-13-15-36(16-14-22)17-18-38-2/h3-12,19,22,32,35,37H,13-18H2,1-2H3. The SMILES string of the molecule is COCCN1CCC(Nc2ccc3[nH]c(O)c(C(=C4N=c5ccccc5=N4)c4ccc(C)cc4)c3c2)CC1. The van der Waals surface area contributed by atoms with E-state index in [1.165, 1.54) is 5.56 Å². The maximum absolute atomic E-state index is 11.2. The normalized spacial score (nSPS) is 15.8. The minimum atomic E-state index is 0.119. The molecule has 2 aliphatic rings. The molecule has 194 valence electrons. The molecule has 1 aromatic heterocycles. The summed E-state index contributed by atoms with van der Waals surface area (Å²) in [5.41, 5.74) is 5.59. The number of likely N-dealkylation sites (tertiary alicyclic amines) is 1. The number of nitrogens with one attached hydrogen (secondary N) is 2. The largest absolute Gasteiger partial charge is 0.494 e. The molecule has 2 aliphatic heterocycles. The molecular weight excluding hydrogens is 474 g/mol. The third-order valence-corrected chi connectivity index (χ3v) is 7.50. The number of fused-ring (bicyclic) bond motifs is 2. The van der Waals surface area contributed by atoms with Gasteiger partial charge in [0.2, 0.25) is 0 Å². The summed E-state index contributed by atoms with van der Waals surface area (Å²) in [6.07, 6.45) is 2.17. The molecule has 0 amide bonds. The van der Waals surface area contributed by atoms with Crippen molar-refractivity contribution >= 4 is 22.2 Å². The van der Waals surface area contributed by atoms with Crippen LogP contribution in [0.25, 0.3) is 16.5 Å². The number of aromatic nitrogens is 1. The number of H-pyrrole nitrogens is 1. The molecule has 0 unspecified atom stereocenters. The molecule has 0 atom stereocenters. The molecule has 7 nitrogen and oxygen atoms in total. The predicted octanol–water partition coefficient (Wildman–Crippen LogP) is 4.37. The molecule has 0 aliphatic carbocycles. The molecule has 3 aromatic carbocycles. The van der Waals surface area contributed by atoms with Crippen molar-refractivity contribution in [2.24, 2.45) is 9.98 Å². The van der Waals surface area contributed by atoms with Crippen molar-refractivity contribution < 1.29 is 9.84 Å². The van der Waals surface area contributed by atoms with Crippen LogP contribution in [0.1, 0.15) is 29.5 Å². The number of anilines is 1. The van der Waals surface area contributed by atoms with E-state index in [1.807, 2.05) is 30.3 Å². The van der Waals surface area contributed by atoms with Crippen LogP contribution in [0.5, 0.6) is 5.88 Å². The number of aromatic amines is 1. The number of rotatable bonds is 7. The van der Waals surface area contributed by atoms with Gasteiger partial charge < -0.3 is 25.0 Å². The van der Waals surface area contributed by atoms with Crippen molar-refractivity contribution in [3.05, 3.63) is 100.0 Å². The Bertz CT molecular complexity index is 1580. The highest BCUT2D eigenvalue weighted by Gasteiger charge is 2.23. The summed E-state index contributed by atoms with van der Waals surface area (Å²) < 4.78 is 5.24. The van der Waals surface area contributed by atoms with Gasteiger partial charge in [-0.25, -0.2) is 9.98 Å². The Balaban J connectivity index is 1.39. The van der Waals surface area contributed by atoms with Gasteiger partial charge in [-0.2, -0.15) is 0 Å². The Kier molecular flexibility index (Phi) is 6.70. The summed E-state index contributed by atoms with van der Waals surface area (Å²) in [6.45, 7) is 5.95. The van der Waals surface area contributed by atoms with Gasteiger partial charge in [0.25, 0.3) is 0 Å². The smallest absolute Gasteiger partial charge is 0.197 e. The molecule has 1 fully saturated rings. The first-order valence-corrected chi connectivity index (χ1v) is 13.3. The molecule has 7 heteroatoms. The fourth-order valence-corrected chi connectivity index (χ4v) is 5.40. The molecule has 4 aromatic rings. The Labute approximate surface area is 222 Å². The van der Waals surface area contributed by atoms with E-state index in [2.05, 4.69) is 58.5 Å². The third kappa shape index (κ3) is 4.83. The summed E-state index contributed by atoms with van der Waals surface area (Å²) in [4.78, 5) is 15.4. The number of nitrogens with zero attached hydrogens (tertiary/aromatic N) is 3. The van der Waals surface area contributed by atoms with Crippen molar-refractivity contribution in [1.29, 1.82) is 0 Å². The number of aryl methyl sites for hydroxylation is 1. The average molecular weight is 508 g/mol. The molecule has 0 bridgehead atoms. The Morgan fingerprint density at radius 3 is 2.42 bits per heavy atom. The van der Waals surface area contributed by atoms with Crippen molar-refractivity contribution in [3.8, 4) is 5.88 Å². The zero-order chi connectivity index (χ0) is 26.1. The van der Waals surface area contributed by atoms with Crippen LogP contribution < -0.4 is 16.0 Å². The van der Waals surface area contributed by atoms with Crippen LogP contribution in [-0.4, -0.2) is 54.4 Å². The van der Waals surface area contributed by atoms with E-state index in [9.17, 15) is 5.11 Å². The summed E-state index contributed by atoms with van der Waals surface area (Å²) in [6, 6.07) is 22.8. The van der Waals surface area contributed by atoms with Gasteiger partial charge in [0.15, 0.2) is 11.7 Å². The lowest BCUT2D eigenvalue weighted by Crippen LogP contribution is -2.40. The third-order valence-electron chi connectivity index (χ3n) is 7.50. The van der Waals surface area contributed by atoms with Gasteiger partial charge in [0.05, 0.1) is 22.9 Å². The van der Waals surface area contributed by atoms with Gasteiger partial charge in [-0.3, -0.25) is 0 Å². The number of ether oxygens (including phenoxy) is 1. The lowest BCUT2D eigenvalue weighted by atomic mass is 9.95. The van der Waals surface area contributed by atoms with E-state index in [1.54, 1.807) is 7.11 Å². The lowest BCUT2D eigenvalue weighted by Gasteiger charge is -2.32. The van der Waals surface area contributed by atoms with Gasteiger partial charge in [0, 0.05) is 54.9 Å². The Morgan fingerprint density at radius 2 is 1.74 bits per heavy atom. The molecule has 1 saturated heterocycles. The minimum Gasteiger partial charge on any atom is -0.494 e. The van der Waals surface area contributed by atoms with Crippen molar-refractivity contribution in [2.75, 3.05) is 38.7 Å². The molecule has 0 saturated carbocycles. The molecular formula is C31H33N5O2. The van der Waals surface area contributed by atoms with Crippen LogP contribution in [0.4, 0.5) is 5.69 Å². The van der Waals surface area contributed by atoms with Crippen LogP contribution in [-0.2, 0) is 4.74 Å².